The second-order valence-corrected chi connectivity index (χ2v) is 11.9. The van der Waals surface area contributed by atoms with E-state index in [-0.39, 0.29) is 16.9 Å². The van der Waals surface area contributed by atoms with Gasteiger partial charge in [0.15, 0.2) is 6.10 Å². The van der Waals surface area contributed by atoms with Crippen LogP contribution in [0.2, 0.25) is 5.02 Å². The molecule has 2 aromatic carbocycles. The summed E-state index contributed by atoms with van der Waals surface area (Å²) in [6.07, 6.45) is 7.30. The Morgan fingerprint density at radius 2 is 1.93 bits per heavy atom. The van der Waals surface area contributed by atoms with Crippen LogP contribution in [0.3, 0.4) is 0 Å². The summed E-state index contributed by atoms with van der Waals surface area (Å²) in [6.45, 7) is 6.45. The molecular formula is C32H36ClFN6O5. The van der Waals surface area contributed by atoms with E-state index in [2.05, 4.69) is 30.4 Å². The Kier molecular flexibility index (Phi) is 10.0. The van der Waals surface area contributed by atoms with Gasteiger partial charge in [0.2, 0.25) is 5.91 Å². The molecule has 45 heavy (non-hydrogen) atoms. The zero-order valence-electron chi connectivity index (χ0n) is 24.8. The molecule has 3 aromatic rings. The van der Waals surface area contributed by atoms with Crippen molar-refractivity contribution in [3.8, 4) is 5.75 Å². The molecule has 1 aliphatic carbocycles. The molecule has 0 spiro atoms. The first-order valence-corrected chi connectivity index (χ1v) is 15.6. The number of nitrogens with zero attached hydrogens (tertiary/aromatic N) is 4. The van der Waals surface area contributed by atoms with Crippen molar-refractivity contribution in [2.75, 3.05) is 69.7 Å². The van der Waals surface area contributed by atoms with E-state index in [1.165, 1.54) is 24.5 Å². The van der Waals surface area contributed by atoms with Gasteiger partial charge in [0.1, 0.15) is 23.7 Å². The molecule has 3 aliphatic rings. The zero-order chi connectivity index (χ0) is 31.2. The summed E-state index contributed by atoms with van der Waals surface area (Å²) in [6, 6.07) is 7.92. The summed E-state index contributed by atoms with van der Waals surface area (Å²) >= 11 is 5.97. The van der Waals surface area contributed by atoms with E-state index in [4.69, 9.17) is 25.8 Å². The van der Waals surface area contributed by atoms with Gasteiger partial charge in [-0.1, -0.05) is 17.7 Å². The van der Waals surface area contributed by atoms with E-state index in [0.29, 0.717) is 72.5 Å². The lowest BCUT2D eigenvalue weighted by Crippen LogP contribution is -2.47. The molecule has 1 unspecified atom stereocenters. The van der Waals surface area contributed by atoms with Crippen LogP contribution in [0, 0.1) is 11.7 Å². The van der Waals surface area contributed by atoms with Crippen LogP contribution in [0.25, 0.3) is 10.9 Å². The lowest BCUT2D eigenvalue weighted by molar-refractivity contribution is -0.147. The highest BCUT2D eigenvalue weighted by Crippen LogP contribution is 2.36. The number of hydrogen-bond donors (Lipinski definition) is 2. The third-order valence-electron chi connectivity index (χ3n) is 8.06. The van der Waals surface area contributed by atoms with E-state index < -0.39 is 11.9 Å². The number of halogens is 2. The molecule has 238 valence electrons. The average molecular weight is 639 g/mol. The predicted molar refractivity (Wildman–Crippen MR) is 168 cm³/mol. The third kappa shape index (κ3) is 8.46. The van der Waals surface area contributed by atoms with Gasteiger partial charge < -0.3 is 24.8 Å². The van der Waals surface area contributed by atoms with Crippen molar-refractivity contribution in [2.24, 2.45) is 5.92 Å². The highest BCUT2D eigenvalue weighted by atomic mass is 35.5. The van der Waals surface area contributed by atoms with Crippen molar-refractivity contribution in [2.45, 2.75) is 25.4 Å². The number of carbonyl (C=O) groups excluding carboxylic acids is 2. The maximum Gasteiger partial charge on any atom is 0.335 e. The van der Waals surface area contributed by atoms with Gasteiger partial charge >= 0.3 is 5.97 Å². The summed E-state index contributed by atoms with van der Waals surface area (Å²) in [5, 5.41) is 6.79. The second kappa shape index (κ2) is 14.5. The number of benzene rings is 2. The Labute approximate surface area is 265 Å². The van der Waals surface area contributed by atoms with Gasteiger partial charge in [0.25, 0.3) is 0 Å². The molecule has 13 heteroatoms. The number of anilines is 3. The SMILES string of the molecule is O=C(C=CCN1CCN(CCOC2CCOC2=O)CC1)Nc1cc2c(Nc3ccc(F)c(Cl)c3)ncnc2cc1OCC1CC1. The summed E-state index contributed by atoms with van der Waals surface area (Å²) in [4.78, 5) is 37.9. The summed E-state index contributed by atoms with van der Waals surface area (Å²) in [5.74, 6) is 0.493. The van der Waals surface area contributed by atoms with Gasteiger partial charge in [-0.2, -0.15) is 0 Å². The molecule has 2 saturated heterocycles. The van der Waals surface area contributed by atoms with Crippen molar-refractivity contribution in [3.63, 3.8) is 0 Å². The molecule has 11 nitrogen and oxygen atoms in total. The molecule has 0 bridgehead atoms. The summed E-state index contributed by atoms with van der Waals surface area (Å²) < 4.78 is 30.4. The number of ether oxygens (including phenoxy) is 3. The predicted octanol–water partition coefficient (Wildman–Crippen LogP) is 4.40. The van der Waals surface area contributed by atoms with Crippen molar-refractivity contribution in [1.82, 2.24) is 19.8 Å². The highest BCUT2D eigenvalue weighted by Gasteiger charge is 2.27. The van der Waals surface area contributed by atoms with Crippen LogP contribution in [0.15, 0.2) is 48.8 Å². The van der Waals surface area contributed by atoms with E-state index in [0.717, 1.165) is 45.6 Å². The maximum atomic E-state index is 13.7. The van der Waals surface area contributed by atoms with Crippen LogP contribution in [-0.2, 0) is 19.1 Å². The Bertz CT molecular complexity index is 1560. The lowest BCUT2D eigenvalue weighted by Gasteiger charge is -2.34. The monoisotopic (exact) mass is 638 g/mol. The van der Waals surface area contributed by atoms with Crippen LogP contribution in [-0.4, -0.2) is 96.8 Å². The first kappa shape index (κ1) is 31.2. The number of cyclic esters (lactones) is 1. The lowest BCUT2D eigenvalue weighted by atomic mass is 10.1. The third-order valence-corrected chi connectivity index (χ3v) is 8.35. The standard InChI is InChI=1S/C32H36ClFN6O5/c33-24-16-22(5-6-25(24)34)37-31-23-17-27(29(45-19-21-3-4-21)18-26(23)35-20-36-31)38-30(41)2-1-8-39-9-11-40(12-10-39)13-15-43-28-7-14-44-32(28)42/h1-2,5-6,16-18,20-21,28H,3-4,7-15,19H2,(H,38,41)(H,35,36,37). The Hall–Kier alpha value is -3.84. The van der Waals surface area contributed by atoms with Crippen LogP contribution in [0.5, 0.6) is 5.75 Å². The number of piperazine rings is 1. The number of rotatable bonds is 13. The highest BCUT2D eigenvalue weighted by molar-refractivity contribution is 6.31. The Morgan fingerprint density at radius 3 is 2.69 bits per heavy atom. The minimum atomic E-state index is -0.511. The molecule has 3 heterocycles. The average Bonchev–Trinajstić information content (AvgIpc) is 3.78. The molecule has 3 fully saturated rings. The molecule has 2 N–H and O–H groups in total. The number of nitrogens with one attached hydrogen (secondary N) is 2. The number of hydrogen-bond acceptors (Lipinski definition) is 10. The van der Waals surface area contributed by atoms with Gasteiger partial charge in [-0.3, -0.25) is 14.6 Å². The molecule has 1 atom stereocenters. The van der Waals surface area contributed by atoms with E-state index in [1.54, 1.807) is 18.2 Å². The topological polar surface area (TPSA) is 118 Å². The zero-order valence-corrected chi connectivity index (χ0v) is 25.6. The second-order valence-electron chi connectivity index (χ2n) is 11.4. The molecular weight excluding hydrogens is 603 g/mol. The van der Waals surface area contributed by atoms with Crippen molar-refractivity contribution in [3.05, 3.63) is 59.7 Å². The maximum absolute atomic E-state index is 13.7. The van der Waals surface area contributed by atoms with Gasteiger partial charge in [-0.05, 0) is 43.0 Å². The van der Waals surface area contributed by atoms with Crippen LogP contribution < -0.4 is 15.4 Å². The number of fused-ring (bicyclic) bond motifs is 1. The van der Waals surface area contributed by atoms with E-state index >= 15 is 0 Å². The molecule has 2 aliphatic heterocycles. The number of esters is 1. The van der Waals surface area contributed by atoms with E-state index in [1.807, 2.05) is 6.08 Å². The van der Waals surface area contributed by atoms with Crippen molar-refractivity contribution >= 4 is 51.6 Å². The van der Waals surface area contributed by atoms with Gasteiger partial charge in [-0.25, -0.2) is 19.2 Å². The Balaban J connectivity index is 1.05. The minimum Gasteiger partial charge on any atom is -0.491 e. The molecule has 1 aromatic heterocycles. The fourth-order valence-electron chi connectivity index (χ4n) is 5.23. The minimum absolute atomic E-state index is 0.00505. The van der Waals surface area contributed by atoms with Crippen molar-refractivity contribution < 1.29 is 28.2 Å². The molecule has 0 radical (unpaired) electrons. The Morgan fingerprint density at radius 1 is 1.11 bits per heavy atom. The fourth-order valence-corrected chi connectivity index (χ4v) is 5.42. The molecule has 1 amide bonds. The first-order chi connectivity index (χ1) is 21.9. The smallest absolute Gasteiger partial charge is 0.335 e. The first-order valence-electron chi connectivity index (χ1n) is 15.3. The summed E-state index contributed by atoms with van der Waals surface area (Å²) in [7, 11) is 0. The summed E-state index contributed by atoms with van der Waals surface area (Å²) in [5.41, 5.74) is 1.70. The fraction of sp³-hybridized carbons (Fsp3) is 0.438. The van der Waals surface area contributed by atoms with Crippen LogP contribution >= 0.6 is 11.6 Å². The number of amides is 1. The number of carbonyl (C=O) groups is 2. The number of aromatic nitrogens is 2. The van der Waals surface area contributed by atoms with Crippen molar-refractivity contribution in [1.29, 1.82) is 0 Å². The molecule has 1 saturated carbocycles. The van der Waals surface area contributed by atoms with Gasteiger partial charge in [0, 0.05) is 68.9 Å². The van der Waals surface area contributed by atoms with Crippen LogP contribution in [0.4, 0.5) is 21.6 Å². The van der Waals surface area contributed by atoms with E-state index in [9.17, 15) is 14.0 Å². The quantitative estimate of drug-likeness (QED) is 0.206. The normalized spacial score (nSPS) is 19.2. The molecule has 6 rings (SSSR count). The van der Waals surface area contributed by atoms with Gasteiger partial charge in [0.05, 0.1) is 36.0 Å². The van der Waals surface area contributed by atoms with Crippen LogP contribution in [0.1, 0.15) is 19.3 Å². The van der Waals surface area contributed by atoms with Gasteiger partial charge in [-0.15, -0.1) is 0 Å². The largest absolute Gasteiger partial charge is 0.491 e.